The summed E-state index contributed by atoms with van der Waals surface area (Å²) in [4.78, 5) is 20.7. The number of benzene rings is 1. The topological polar surface area (TPSA) is 122 Å². The van der Waals surface area contributed by atoms with Gasteiger partial charge in [-0.1, -0.05) is 37.3 Å². The number of carbonyl (C=O) groups excluding carboxylic acids is 1. The molecule has 0 aliphatic heterocycles. The molecule has 0 fully saturated rings. The number of hydrogen-bond acceptors (Lipinski definition) is 6. The number of rotatable bonds is 7. The van der Waals surface area contributed by atoms with Gasteiger partial charge in [0.25, 0.3) is 5.91 Å². The van der Waals surface area contributed by atoms with Gasteiger partial charge in [0.05, 0.1) is 28.4 Å². The molecule has 0 unspecified atom stereocenters. The van der Waals surface area contributed by atoms with Gasteiger partial charge < -0.3 is 16.4 Å². The molecule has 0 spiro atoms. The quantitative estimate of drug-likeness (QED) is 0.272. The number of hydrogen-bond donors (Lipinski definition) is 4. The lowest BCUT2D eigenvalue weighted by Gasteiger charge is -2.14. The highest BCUT2D eigenvalue weighted by Crippen LogP contribution is 2.31. The number of nitrogens with two attached hydrogens (primary N) is 1. The molecular formula is C29H26F3N7O. The van der Waals surface area contributed by atoms with Crippen molar-refractivity contribution in [2.45, 2.75) is 32.5 Å². The highest BCUT2D eigenvalue weighted by molar-refractivity contribution is 6.07. The number of nitrogens with one attached hydrogen (secondary N) is 3. The second-order valence-electron chi connectivity index (χ2n) is 9.23. The fourth-order valence-corrected chi connectivity index (χ4v) is 4.42. The molecule has 5 N–H and O–H groups in total. The van der Waals surface area contributed by atoms with Gasteiger partial charge in [-0.15, -0.1) is 0 Å². The van der Waals surface area contributed by atoms with E-state index in [2.05, 4.69) is 43.8 Å². The van der Waals surface area contributed by atoms with Crippen LogP contribution in [0, 0.1) is 0 Å². The predicted octanol–water partition coefficient (Wildman–Crippen LogP) is 4.49. The lowest BCUT2D eigenvalue weighted by molar-refractivity contribution is -0.137. The molecule has 0 saturated carbocycles. The van der Waals surface area contributed by atoms with Crippen LogP contribution in [0.15, 0.2) is 67.1 Å². The zero-order chi connectivity index (χ0) is 28.3. The molecule has 1 aliphatic rings. The number of anilines is 3. The van der Waals surface area contributed by atoms with E-state index in [-0.39, 0.29) is 17.9 Å². The van der Waals surface area contributed by atoms with Gasteiger partial charge in [-0.2, -0.15) is 18.3 Å². The molecular weight excluding hydrogens is 519 g/mol. The lowest BCUT2D eigenvalue weighted by Crippen LogP contribution is -2.26. The number of nitrogens with zero attached hydrogens (tertiary/aromatic N) is 3. The Morgan fingerprint density at radius 1 is 1.15 bits per heavy atom. The molecule has 0 saturated heterocycles. The van der Waals surface area contributed by atoms with Crippen LogP contribution >= 0.6 is 0 Å². The summed E-state index contributed by atoms with van der Waals surface area (Å²) in [5, 5.41) is 14.6. The number of aromatic amines is 1. The number of nitrogen functional groups attached to an aromatic ring is 1. The SMILES string of the molecule is CCC1=c2[nH]nc(N)c2=CC(c2ccc(CNc3ncc(C(F)(F)F)cc3C(=O)Nc3cccnc3)cc2)=CC1. The molecule has 5 rings (SSSR count). The van der Waals surface area contributed by atoms with Crippen LogP contribution in [0.3, 0.4) is 0 Å². The van der Waals surface area contributed by atoms with Crippen molar-refractivity contribution >= 4 is 40.5 Å². The first-order valence-electron chi connectivity index (χ1n) is 12.6. The highest BCUT2D eigenvalue weighted by atomic mass is 19.4. The molecule has 3 aromatic heterocycles. The zero-order valence-electron chi connectivity index (χ0n) is 21.5. The van der Waals surface area contributed by atoms with Gasteiger partial charge in [0.2, 0.25) is 0 Å². The molecule has 4 aromatic rings. The fraction of sp³-hybridized carbons (Fsp3) is 0.172. The minimum absolute atomic E-state index is 0.0314. The van der Waals surface area contributed by atoms with E-state index in [4.69, 9.17) is 5.73 Å². The number of alkyl halides is 3. The summed E-state index contributed by atoms with van der Waals surface area (Å²) in [5.41, 5.74) is 9.26. The molecule has 40 heavy (non-hydrogen) atoms. The molecule has 11 heteroatoms. The van der Waals surface area contributed by atoms with Crippen molar-refractivity contribution in [3.63, 3.8) is 0 Å². The summed E-state index contributed by atoms with van der Waals surface area (Å²) in [6.07, 6.45) is 4.79. The monoisotopic (exact) mass is 545 g/mol. The Balaban J connectivity index is 1.36. The van der Waals surface area contributed by atoms with Gasteiger partial charge in [-0.05, 0) is 59.4 Å². The molecule has 3 heterocycles. The normalized spacial score (nSPS) is 13.1. The van der Waals surface area contributed by atoms with E-state index < -0.39 is 17.6 Å². The first-order valence-corrected chi connectivity index (χ1v) is 12.6. The smallest absolute Gasteiger partial charge is 0.382 e. The predicted molar refractivity (Wildman–Crippen MR) is 148 cm³/mol. The number of H-pyrrole nitrogens is 1. The third kappa shape index (κ3) is 5.73. The summed E-state index contributed by atoms with van der Waals surface area (Å²) in [6, 6.07) is 11.7. The van der Waals surface area contributed by atoms with Crippen LogP contribution in [0.5, 0.6) is 0 Å². The van der Waals surface area contributed by atoms with Crippen LogP contribution in [-0.2, 0) is 12.7 Å². The maximum absolute atomic E-state index is 13.4. The first kappa shape index (κ1) is 26.7. The number of allylic oxidation sites excluding steroid dienone is 2. The van der Waals surface area contributed by atoms with Crippen molar-refractivity contribution < 1.29 is 18.0 Å². The first-order chi connectivity index (χ1) is 19.2. The van der Waals surface area contributed by atoms with Gasteiger partial charge in [0, 0.05) is 24.2 Å². The Hall–Kier alpha value is -4.93. The van der Waals surface area contributed by atoms with Crippen LogP contribution < -0.4 is 26.9 Å². The summed E-state index contributed by atoms with van der Waals surface area (Å²) in [7, 11) is 0. The maximum atomic E-state index is 13.4. The van der Waals surface area contributed by atoms with Crippen molar-refractivity contribution in [1.82, 2.24) is 20.2 Å². The Bertz CT molecular complexity index is 1690. The van der Waals surface area contributed by atoms with Crippen molar-refractivity contribution in [1.29, 1.82) is 0 Å². The van der Waals surface area contributed by atoms with Crippen molar-refractivity contribution in [3.05, 3.63) is 100.0 Å². The molecule has 0 radical (unpaired) electrons. The average Bonchev–Trinajstić information content (AvgIpc) is 3.20. The highest BCUT2D eigenvalue weighted by Gasteiger charge is 2.32. The summed E-state index contributed by atoms with van der Waals surface area (Å²) in [5.74, 6) is -0.257. The number of fused-ring (bicyclic) bond motifs is 1. The Morgan fingerprint density at radius 2 is 1.95 bits per heavy atom. The van der Waals surface area contributed by atoms with Gasteiger partial charge in [-0.25, -0.2) is 4.98 Å². The maximum Gasteiger partial charge on any atom is 0.417 e. The van der Waals surface area contributed by atoms with Crippen LogP contribution in [0.4, 0.5) is 30.5 Å². The molecule has 0 bridgehead atoms. The second-order valence-corrected chi connectivity index (χ2v) is 9.23. The third-order valence-corrected chi connectivity index (χ3v) is 6.61. The number of halogens is 3. The summed E-state index contributed by atoms with van der Waals surface area (Å²) >= 11 is 0. The van der Waals surface area contributed by atoms with E-state index in [1.54, 1.807) is 12.1 Å². The van der Waals surface area contributed by atoms with E-state index in [1.165, 1.54) is 18.0 Å². The zero-order valence-corrected chi connectivity index (χ0v) is 21.5. The van der Waals surface area contributed by atoms with Crippen LogP contribution in [0.25, 0.3) is 17.2 Å². The molecule has 204 valence electrons. The Kier molecular flexibility index (Phi) is 7.37. The van der Waals surface area contributed by atoms with Gasteiger partial charge >= 0.3 is 6.18 Å². The van der Waals surface area contributed by atoms with Crippen LogP contribution in [0.1, 0.15) is 46.8 Å². The molecule has 1 amide bonds. The van der Waals surface area contributed by atoms with E-state index in [9.17, 15) is 18.0 Å². The van der Waals surface area contributed by atoms with Crippen LogP contribution in [0.2, 0.25) is 0 Å². The third-order valence-electron chi connectivity index (χ3n) is 6.61. The minimum Gasteiger partial charge on any atom is -0.382 e. The van der Waals surface area contributed by atoms with Gasteiger partial charge in [-0.3, -0.25) is 14.9 Å². The Morgan fingerprint density at radius 3 is 2.65 bits per heavy atom. The van der Waals surface area contributed by atoms with Crippen molar-refractivity contribution in [3.8, 4) is 0 Å². The van der Waals surface area contributed by atoms with E-state index in [0.29, 0.717) is 17.7 Å². The summed E-state index contributed by atoms with van der Waals surface area (Å²) < 4.78 is 40.1. The number of amides is 1. The van der Waals surface area contributed by atoms with Crippen LogP contribution in [-0.4, -0.2) is 26.1 Å². The Labute approximate surface area is 227 Å². The number of carbonyl (C=O) groups is 1. The van der Waals surface area contributed by atoms with E-state index in [0.717, 1.165) is 46.2 Å². The average molecular weight is 546 g/mol. The largest absolute Gasteiger partial charge is 0.417 e. The van der Waals surface area contributed by atoms with E-state index in [1.807, 2.05) is 30.3 Å². The second kappa shape index (κ2) is 11.0. The number of aromatic nitrogens is 4. The summed E-state index contributed by atoms with van der Waals surface area (Å²) in [6.45, 7) is 2.33. The number of pyridine rings is 2. The minimum atomic E-state index is -4.65. The van der Waals surface area contributed by atoms with E-state index >= 15 is 0 Å². The van der Waals surface area contributed by atoms with Gasteiger partial charge in [0.1, 0.15) is 5.82 Å². The molecule has 1 aliphatic carbocycles. The van der Waals surface area contributed by atoms with Crippen molar-refractivity contribution in [2.75, 3.05) is 16.4 Å². The molecule has 8 nitrogen and oxygen atoms in total. The molecule has 0 atom stereocenters. The molecule has 1 aromatic carbocycles. The lowest BCUT2D eigenvalue weighted by atomic mass is 10.0. The standard InChI is InChI=1S/C29H26F3N7O/c1-2-18-9-10-20(12-23-25(18)38-39-26(23)33)19-7-5-17(6-8-19)14-35-27-24(13-21(15-36-27)29(30,31)32)28(40)37-22-4-3-11-34-16-22/h3-8,10-13,15-16,38H,2,9,14H2,1H3,(H2,33,39)(H,35,36)(H,37,40). The fourth-order valence-electron chi connectivity index (χ4n) is 4.42. The van der Waals surface area contributed by atoms with Crippen molar-refractivity contribution in [2.24, 2.45) is 0 Å². The van der Waals surface area contributed by atoms with Gasteiger partial charge in [0.15, 0.2) is 5.82 Å².